The molecule has 1 saturated carbocycles. The molecule has 1 rings (SSSR count). The Morgan fingerprint density at radius 1 is 1.39 bits per heavy atom. The Morgan fingerprint density at radius 3 is 2.44 bits per heavy atom. The normalized spacial score (nSPS) is 30.3. The van der Waals surface area contributed by atoms with Crippen LogP contribution in [0.15, 0.2) is 12.2 Å². The van der Waals surface area contributed by atoms with Gasteiger partial charge in [-0.05, 0) is 44.3 Å². The highest BCUT2D eigenvalue weighted by molar-refractivity contribution is 6.74. The zero-order chi connectivity index (χ0) is 14.0. The summed E-state index contributed by atoms with van der Waals surface area (Å²) in [6, 6.07) is 0. The van der Waals surface area contributed by atoms with Crippen LogP contribution in [0, 0.1) is 5.92 Å². The Morgan fingerprint density at radius 2 is 2.00 bits per heavy atom. The molecule has 0 unspecified atom stereocenters. The molecule has 0 spiro atoms. The molecule has 0 heterocycles. The molecule has 0 bridgehead atoms. The minimum atomic E-state index is -1.63. The summed E-state index contributed by atoms with van der Waals surface area (Å²) in [5.74, 6) is 0.306. The Balaban J connectivity index is 2.43. The first kappa shape index (κ1) is 15.9. The van der Waals surface area contributed by atoms with Crippen LogP contribution in [-0.4, -0.2) is 25.6 Å². The lowest BCUT2D eigenvalue weighted by atomic mass is 9.93. The highest BCUT2D eigenvalue weighted by atomic mass is 28.4. The van der Waals surface area contributed by atoms with Crippen LogP contribution in [0.3, 0.4) is 0 Å². The minimum Gasteiger partial charge on any atom is -0.413 e. The van der Waals surface area contributed by atoms with Gasteiger partial charge < -0.3 is 9.53 Å². The van der Waals surface area contributed by atoms with E-state index in [0.717, 1.165) is 19.3 Å². The first-order valence-electron chi connectivity index (χ1n) is 7.09. The number of hydrogen-bond acceptors (Lipinski definition) is 2. The monoisotopic (exact) mass is 270 g/mol. The fraction of sp³-hybridized carbons (Fsp3) is 0.867. The van der Waals surface area contributed by atoms with Crippen molar-refractivity contribution in [1.29, 1.82) is 0 Å². The third-order valence-electron chi connectivity index (χ3n) is 4.71. The molecule has 0 radical (unpaired) electrons. The molecule has 1 N–H and O–H groups in total. The lowest BCUT2D eigenvalue weighted by Gasteiger charge is -2.35. The van der Waals surface area contributed by atoms with E-state index < -0.39 is 13.9 Å². The van der Waals surface area contributed by atoms with Gasteiger partial charge in [-0.25, -0.2) is 0 Å². The molecule has 18 heavy (non-hydrogen) atoms. The maximum atomic E-state index is 10.2. The van der Waals surface area contributed by atoms with Gasteiger partial charge in [-0.15, -0.1) is 0 Å². The van der Waals surface area contributed by atoms with Crippen molar-refractivity contribution in [3.8, 4) is 0 Å². The molecule has 2 nitrogen and oxygen atoms in total. The summed E-state index contributed by atoms with van der Waals surface area (Å²) < 4.78 is 6.09. The van der Waals surface area contributed by atoms with E-state index in [0.29, 0.717) is 12.5 Å². The van der Waals surface area contributed by atoms with Crippen LogP contribution in [-0.2, 0) is 4.43 Å². The molecular weight excluding hydrogens is 240 g/mol. The summed E-state index contributed by atoms with van der Waals surface area (Å²) >= 11 is 0. The van der Waals surface area contributed by atoms with Gasteiger partial charge >= 0.3 is 0 Å². The largest absolute Gasteiger partial charge is 0.413 e. The highest BCUT2D eigenvalue weighted by Crippen LogP contribution is 2.37. The van der Waals surface area contributed by atoms with Gasteiger partial charge in [-0.1, -0.05) is 32.9 Å². The average Bonchev–Trinajstić information content (AvgIpc) is 2.51. The predicted molar refractivity (Wildman–Crippen MR) is 80.3 cm³/mol. The molecule has 0 aromatic carbocycles. The van der Waals surface area contributed by atoms with Gasteiger partial charge in [0.15, 0.2) is 8.32 Å². The van der Waals surface area contributed by atoms with Crippen LogP contribution in [0.25, 0.3) is 0 Å². The van der Waals surface area contributed by atoms with Crippen molar-refractivity contribution >= 4 is 8.32 Å². The Kier molecular flexibility index (Phi) is 4.85. The first-order valence-corrected chi connectivity index (χ1v) is 10.0. The van der Waals surface area contributed by atoms with Gasteiger partial charge in [0.05, 0.1) is 12.2 Å². The Labute approximate surface area is 114 Å². The summed E-state index contributed by atoms with van der Waals surface area (Å²) in [5.41, 5.74) is -0.506. The summed E-state index contributed by atoms with van der Waals surface area (Å²) in [6.45, 7) is 13.9. The van der Waals surface area contributed by atoms with Crippen molar-refractivity contribution in [2.45, 2.75) is 70.7 Å². The second kappa shape index (κ2) is 5.47. The Bertz CT molecular complexity index is 300. The highest BCUT2D eigenvalue weighted by Gasteiger charge is 2.37. The lowest BCUT2D eigenvalue weighted by molar-refractivity contribution is 0.0387. The van der Waals surface area contributed by atoms with Crippen molar-refractivity contribution in [1.82, 2.24) is 0 Å². The molecule has 1 fully saturated rings. The molecule has 2 atom stereocenters. The zero-order valence-electron chi connectivity index (χ0n) is 12.9. The molecular formula is C15H30O2Si. The minimum absolute atomic E-state index is 0.264. The van der Waals surface area contributed by atoms with Gasteiger partial charge in [-0.2, -0.15) is 0 Å². The molecule has 1 aliphatic rings. The molecule has 0 saturated heterocycles. The lowest BCUT2D eigenvalue weighted by Crippen LogP contribution is -2.40. The van der Waals surface area contributed by atoms with Gasteiger partial charge in [0.25, 0.3) is 0 Å². The second-order valence-electron chi connectivity index (χ2n) is 7.36. The predicted octanol–water partition coefficient (Wildman–Crippen LogP) is 4.12. The SMILES string of the molecule is CC(C)(C)[Si](C)(C)OC/C=C/[C@@H]1CCC[C@@]1(C)O. The van der Waals surface area contributed by atoms with Crippen LogP contribution in [0.4, 0.5) is 0 Å². The maximum Gasteiger partial charge on any atom is 0.192 e. The van der Waals surface area contributed by atoms with E-state index in [1.165, 1.54) is 0 Å². The van der Waals surface area contributed by atoms with E-state index in [2.05, 4.69) is 46.0 Å². The summed E-state index contributed by atoms with van der Waals surface area (Å²) in [6.07, 6.45) is 7.41. The van der Waals surface area contributed by atoms with Crippen LogP contribution < -0.4 is 0 Å². The topological polar surface area (TPSA) is 29.5 Å². The standard InChI is InChI=1S/C15H30O2Si/c1-14(2,3)18(5,6)17-12-8-10-13-9-7-11-15(13,4)16/h8,10,13,16H,7,9,11-12H2,1-6H3/b10-8+/t13-,15+/m0/s1. The third-order valence-corrected chi connectivity index (χ3v) is 9.21. The quantitative estimate of drug-likeness (QED) is 0.615. The fourth-order valence-corrected chi connectivity index (χ4v) is 3.12. The van der Waals surface area contributed by atoms with Crippen LogP contribution in [0.1, 0.15) is 47.0 Å². The fourth-order valence-electron chi connectivity index (χ4n) is 2.17. The molecule has 0 aliphatic heterocycles. The van der Waals surface area contributed by atoms with Crippen molar-refractivity contribution in [2.24, 2.45) is 5.92 Å². The van der Waals surface area contributed by atoms with Gasteiger partial charge in [0, 0.05) is 5.92 Å². The van der Waals surface area contributed by atoms with E-state index in [1.807, 2.05) is 6.92 Å². The van der Waals surface area contributed by atoms with E-state index in [9.17, 15) is 5.11 Å². The molecule has 1 aliphatic carbocycles. The van der Waals surface area contributed by atoms with Gasteiger partial charge in [-0.3, -0.25) is 0 Å². The van der Waals surface area contributed by atoms with Crippen molar-refractivity contribution < 1.29 is 9.53 Å². The molecule has 0 aromatic rings. The van der Waals surface area contributed by atoms with E-state index in [-0.39, 0.29) is 5.04 Å². The molecule has 3 heteroatoms. The number of rotatable bonds is 4. The maximum absolute atomic E-state index is 10.2. The van der Waals surface area contributed by atoms with Crippen molar-refractivity contribution in [3.05, 3.63) is 12.2 Å². The van der Waals surface area contributed by atoms with Crippen LogP contribution in [0.2, 0.25) is 18.1 Å². The van der Waals surface area contributed by atoms with E-state index >= 15 is 0 Å². The third kappa shape index (κ3) is 3.94. The smallest absolute Gasteiger partial charge is 0.192 e. The summed E-state index contributed by atoms with van der Waals surface area (Å²) in [5, 5.41) is 10.4. The van der Waals surface area contributed by atoms with E-state index in [1.54, 1.807) is 0 Å². The summed E-state index contributed by atoms with van der Waals surface area (Å²) in [4.78, 5) is 0. The van der Waals surface area contributed by atoms with Gasteiger partial charge in [0.1, 0.15) is 0 Å². The first-order chi connectivity index (χ1) is 8.06. The molecule has 106 valence electrons. The van der Waals surface area contributed by atoms with Crippen molar-refractivity contribution in [3.63, 3.8) is 0 Å². The Hall–Kier alpha value is -0.123. The summed E-state index contributed by atoms with van der Waals surface area (Å²) in [7, 11) is -1.63. The van der Waals surface area contributed by atoms with E-state index in [4.69, 9.17) is 4.43 Å². The number of aliphatic hydroxyl groups is 1. The molecule has 0 aromatic heterocycles. The number of hydrogen-bond donors (Lipinski definition) is 1. The zero-order valence-corrected chi connectivity index (χ0v) is 13.9. The molecule has 0 amide bonds. The van der Waals surface area contributed by atoms with Crippen molar-refractivity contribution in [2.75, 3.05) is 6.61 Å². The van der Waals surface area contributed by atoms with Crippen LogP contribution >= 0.6 is 0 Å². The van der Waals surface area contributed by atoms with Crippen LogP contribution in [0.5, 0.6) is 0 Å². The second-order valence-corrected chi connectivity index (χ2v) is 12.2. The van der Waals surface area contributed by atoms with Gasteiger partial charge in [0.2, 0.25) is 0 Å². The average molecular weight is 270 g/mol.